The van der Waals surface area contributed by atoms with Gasteiger partial charge in [-0.05, 0) is 31.2 Å². The lowest BCUT2D eigenvalue weighted by Crippen LogP contribution is -2.47. The average molecular weight is 332 g/mol. The molecule has 1 fully saturated rings. The third kappa shape index (κ3) is 4.31. The first-order chi connectivity index (χ1) is 11.6. The van der Waals surface area contributed by atoms with Crippen molar-refractivity contribution >= 4 is 0 Å². The summed E-state index contributed by atoms with van der Waals surface area (Å²) in [6.45, 7) is 7.03. The third-order valence-electron chi connectivity index (χ3n) is 4.16. The number of benzene rings is 1. The van der Waals surface area contributed by atoms with E-state index in [0.29, 0.717) is 18.3 Å². The summed E-state index contributed by atoms with van der Waals surface area (Å²) in [7, 11) is 1.64. The predicted octanol–water partition coefficient (Wildman–Crippen LogP) is 1.24. The number of aliphatic hydroxyl groups excluding tert-OH is 1. The van der Waals surface area contributed by atoms with Crippen LogP contribution >= 0.6 is 0 Å². The van der Waals surface area contributed by atoms with E-state index in [2.05, 4.69) is 19.9 Å². The van der Waals surface area contributed by atoms with Gasteiger partial charge in [-0.25, -0.2) is 0 Å². The van der Waals surface area contributed by atoms with Crippen molar-refractivity contribution < 1.29 is 14.4 Å². The predicted molar refractivity (Wildman–Crippen MR) is 89.7 cm³/mol. The van der Waals surface area contributed by atoms with E-state index in [9.17, 15) is 5.11 Å². The van der Waals surface area contributed by atoms with Crippen molar-refractivity contribution in [2.24, 2.45) is 0 Å². The highest BCUT2D eigenvalue weighted by molar-refractivity contribution is 5.54. The molecule has 1 aromatic heterocycles. The summed E-state index contributed by atoms with van der Waals surface area (Å²) >= 11 is 0. The Balaban J connectivity index is 1.54. The summed E-state index contributed by atoms with van der Waals surface area (Å²) in [6, 6.07) is 7.57. The van der Waals surface area contributed by atoms with E-state index in [1.807, 2.05) is 31.2 Å². The number of rotatable bonds is 6. The first kappa shape index (κ1) is 16.9. The first-order valence-electron chi connectivity index (χ1n) is 8.24. The molecule has 0 spiro atoms. The summed E-state index contributed by atoms with van der Waals surface area (Å²) in [6.07, 6.45) is -0.277. The third-order valence-corrected chi connectivity index (χ3v) is 4.16. The number of methoxy groups -OCH3 is 1. The Kier molecular flexibility index (Phi) is 5.44. The zero-order chi connectivity index (χ0) is 16.9. The summed E-state index contributed by atoms with van der Waals surface area (Å²) in [5.74, 6) is 2.03. The Morgan fingerprint density at radius 2 is 1.83 bits per heavy atom. The van der Waals surface area contributed by atoms with Crippen molar-refractivity contribution in [3.8, 4) is 17.2 Å². The highest BCUT2D eigenvalue weighted by Crippen LogP contribution is 2.21. The number of piperazine rings is 1. The highest BCUT2D eigenvalue weighted by atomic mass is 16.5. The molecule has 7 heteroatoms. The molecule has 1 saturated heterocycles. The van der Waals surface area contributed by atoms with Crippen LogP contribution in [-0.2, 0) is 6.54 Å². The lowest BCUT2D eigenvalue weighted by Gasteiger charge is -2.34. The summed E-state index contributed by atoms with van der Waals surface area (Å²) in [5, 5.41) is 13.5. The molecule has 130 valence electrons. The Hall–Kier alpha value is -1.96. The monoisotopic (exact) mass is 332 g/mol. The lowest BCUT2D eigenvalue weighted by atomic mass is 10.2. The Morgan fingerprint density at radius 1 is 1.17 bits per heavy atom. The fourth-order valence-electron chi connectivity index (χ4n) is 2.87. The van der Waals surface area contributed by atoms with Gasteiger partial charge in [0.05, 0.1) is 19.8 Å². The largest absolute Gasteiger partial charge is 0.497 e. The van der Waals surface area contributed by atoms with Crippen molar-refractivity contribution in [3.63, 3.8) is 0 Å². The molecule has 2 aromatic rings. The number of hydrogen-bond donors (Lipinski definition) is 1. The van der Waals surface area contributed by atoms with E-state index in [4.69, 9.17) is 9.26 Å². The Morgan fingerprint density at radius 3 is 2.46 bits per heavy atom. The van der Waals surface area contributed by atoms with Crippen LogP contribution in [0.25, 0.3) is 11.5 Å². The summed E-state index contributed by atoms with van der Waals surface area (Å²) in [5.41, 5.74) is 0.885. The minimum Gasteiger partial charge on any atom is -0.497 e. The SMILES string of the molecule is COc1ccc(-c2nc(CN3CCN(CC(C)O)CC3)no2)cc1. The Labute approximate surface area is 141 Å². The zero-order valence-corrected chi connectivity index (χ0v) is 14.2. The van der Waals surface area contributed by atoms with Crippen molar-refractivity contribution in [1.29, 1.82) is 0 Å². The molecule has 1 unspecified atom stereocenters. The fourth-order valence-corrected chi connectivity index (χ4v) is 2.87. The van der Waals surface area contributed by atoms with Gasteiger partial charge >= 0.3 is 0 Å². The quantitative estimate of drug-likeness (QED) is 0.853. The fraction of sp³-hybridized carbons (Fsp3) is 0.529. The molecule has 0 bridgehead atoms. The molecule has 0 saturated carbocycles. The second-order valence-electron chi connectivity index (χ2n) is 6.17. The van der Waals surface area contributed by atoms with Gasteiger partial charge in [0.15, 0.2) is 5.82 Å². The average Bonchev–Trinajstić information content (AvgIpc) is 3.05. The molecule has 1 atom stereocenters. The van der Waals surface area contributed by atoms with Gasteiger partial charge in [-0.2, -0.15) is 4.98 Å². The zero-order valence-electron chi connectivity index (χ0n) is 14.2. The molecule has 0 aliphatic carbocycles. The minimum atomic E-state index is -0.277. The maximum absolute atomic E-state index is 9.45. The first-order valence-corrected chi connectivity index (χ1v) is 8.24. The Bertz CT molecular complexity index is 634. The van der Waals surface area contributed by atoms with Gasteiger partial charge in [-0.15, -0.1) is 0 Å². The molecule has 1 aliphatic rings. The van der Waals surface area contributed by atoms with Crippen molar-refractivity contribution in [2.45, 2.75) is 19.6 Å². The van der Waals surface area contributed by atoms with Gasteiger partial charge in [0.1, 0.15) is 5.75 Å². The van der Waals surface area contributed by atoms with E-state index in [1.54, 1.807) is 7.11 Å². The van der Waals surface area contributed by atoms with Crippen LogP contribution in [0.15, 0.2) is 28.8 Å². The topological polar surface area (TPSA) is 74.9 Å². The normalized spacial score (nSPS) is 17.8. The maximum Gasteiger partial charge on any atom is 0.257 e. The van der Waals surface area contributed by atoms with E-state index < -0.39 is 0 Å². The lowest BCUT2D eigenvalue weighted by molar-refractivity contribution is 0.0768. The van der Waals surface area contributed by atoms with E-state index >= 15 is 0 Å². The molecule has 1 N–H and O–H groups in total. The van der Waals surface area contributed by atoms with Crippen LogP contribution in [-0.4, -0.2) is 71.0 Å². The number of ether oxygens (including phenoxy) is 1. The summed E-state index contributed by atoms with van der Waals surface area (Å²) in [4.78, 5) is 9.07. The van der Waals surface area contributed by atoms with Crippen molar-refractivity contribution in [1.82, 2.24) is 19.9 Å². The number of aliphatic hydroxyl groups is 1. The van der Waals surface area contributed by atoms with Gasteiger partial charge < -0.3 is 14.4 Å². The number of hydrogen-bond acceptors (Lipinski definition) is 7. The molecule has 24 heavy (non-hydrogen) atoms. The molecule has 2 heterocycles. The van der Waals surface area contributed by atoms with E-state index in [-0.39, 0.29) is 6.10 Å². The van der Waals surface area contributed by atoms with Crippen LogP contribution in [0.2, 0.25) is 0 Å². The van der Waals surface area contributed by atoms with Crippen LogP contribution < -0.4 is 4.74 Å². The van der Waals surface area contributed by atoms with Gasteiger partial charge in [-0.1, -0.05) is 5.16 Å². The van der Waals surface area contributed by atoms with Gasteiger partial charge in [0.2, 0.25) is 0 Å². The number of β-amino-alcohol motifs (C(OH)–C–C–N with tert-alkyl or cyclic N) is 1. The molecule has 0 radical (unpaired) electrons. The molecule has 3 rings (SSSR count). The molecule has 1 aliphatic heterocycles. The second-order valence-corrected chi connectivity index (χ2v) is 6.17. The van der Waals surface area contributed by atoms with Gasteiger partial charge in [-0.3, -0.25) is 9.80 Å². The van der Waals surface area contributed by atoms with Crippen LogP contribution in [0.1, 0.15) is 12.7 Å². The van der Waals surface area contributed by atoms with Crippen LogP contribution in [0.5, 0.6) is 5.75 Å². The van der Waals surface area contributed by atoms with Crippen LogP contribution in [0.3, 0.4) is 0 Å². The van der Waals surface area contributed by atoms with Crippen LogP contribution in [0.4, 0.5) is 0 Å². The molecular formula is C17H24N4O3. The van der Waals surface area contributed by atoms with Crippen molar-refractivity contribution in [2.75, 3.05) is 39.8 Å². The van der Waals surface area contributed by atoms with Gasteiger partial charge in [0.25, 0.3) is 5.89 Å². The standard InChI is InChI=1S/C17H24N4O3/c1-13(22)11-20-7-9-21(10-8-20)12-16-18-17(24-19-16)14-3-5-15(23-2)6-4-14/h3-6,13,22H,7-12H2,1-2H3. The number of aromatic nitrogens is 2. The van der Waals surface area contributed by atoms with E-state index in [1.165, 1.54) is 0 Å². The highest BCUT2D eigenvalue weighted by Gasteiger charge is 2.20. The molecular weight excluding hydrogens is 308 g/mol. The maximum atomic E-state index is 9.45. The van der Waals surface area contributed by atoms with E-state index in [0.717, 1.165) is 44.0 Å². The molecule has 0 amide bonds. The summed E-state index contributed by atoms with van der Waals surface area (Å²) < 4.78 is 10.5. The number of nitrogens with zero attached hydrogens (tertiary/aromatic N) is 4. The van der Waals surface area contributed by atoms with Gasteiger partial charge in [0, 0.05) is 38.3 Å². The minimum absolute atomic E-state index is 0.277. The second kappa shape index (κ2) is 7.74. The smallest absolute Gasteiger partial charge is 0.257 e. The van der Waals surface area contributed by atoms with Crippen LogP contribution in [0, 0.1) is 0 Å². The molecule has 1 aromatic carbocycles. The molecule has 7 nitrogen and oxygen atoms in total. The van der Waals surface area contributed by atoms with Crippen molar-refractivity contribution in [3.05, 3.63) is 30.1 Å².